The standard InChI is InChI=1S/C20H21N3O3S/c1-25-16-8-10-17(11-9-16)26-12-2-3-19(24)23-20-22-18(13-27-20)14-4-6-15(21)7-5-14/h4-11,13H,2-3,12,21H2,1H3,(H,22,23,24). The van der Waals surface area contributed by atoms with Gasteiger partial charge in [-0.3, -0.25) is 4.79 Å². The van der Waals surface area contributed by atoms with Gasteiger partial charge >= 0.3 is 0 Å². The Hall–Kier alpha value is -3.06. The maximum atomic E-state index is 12.1. The molecule has 1 heterocycles. The van der Waals surface area contributed by atoms with Gasteiger partial charge in [0, 0.05) is 23.1 Å². The Bertz CT molecular complexity index is 876. The summed E-state index contributed by atoms with van der Waals surface area (Å²) in [6, 6.07) is 14.8. The van der Waals surface area contributed by atoms with Gasteiger partial charge in [0.25, 0.3) is 0 Å². The normalized spacial score (nSPS) is 10.4. The van der Waals surface area contributed by atoms with Crippen LogP contribution in [-0.2, 0) is 4.79 Å². The summed E-state index contributed by atoms with van der Waals surface area (Å²) < 4.78 is 10.7. The zero-order valence-corrected chi connectivity index (χ0v) is 15.8. The van der Waals surface area contributed by atoms with Crippen LogP contribution in [-0.4, -0.2) is 24.6 Å². The number of rotatable bonds is 8. The molecule has 0 unspecified atom stereocenters. The van der Waals surface area contributed by atoms with Crippen LogP contribution in [0.15, 0.2) is 53.9 Å². The number of ether oxygens (including phenoxy) is 2. The highest BCUT2D eigenvalue weighted by Gasteiger charge is 2.08. The molecule has 0 radical (unpaired) electrons. The Balaban J connectivity index is 1.42. The number of nitrogen functional groups attached to an aromatic ring is 1. The molecule has 0 atom stereocenters. The van der Waals surface area contributed by atoms with E-state index in [1.165, 1.54) is 11.3 Å². The lowest BCUT2D eigenvalue weighted by Gasteiger charge is -2.07. The number of anilines is 2. The van der Waals surface area contributed by atoms with Gasteiger partial charge in [-0.2, -0.15) is 0 Å². The Morgan fingerprint density at radius 3 is 2.52 bits per heavy atom. The summed E-state index contributed by atoms with van der Waals surface area (Å²) in [4.78, 5) is 16.5. The van der Waals surface area contributed by atoms with Crippen LogP contribution in [0.25, 0.3) is 11.3 Å². The third kappa shape index (κ3) is 5.46. The van der Waals surface area contributed by atoms with Crippen molar-refractivity contribution in [3.8, 4) is 22.8 Å². The maximum Gasteiger partial charge on any atom is 0.226 e. The minimum Gasteiger partial charge on any atom is -0.497 e. The van der Waals surface area contributed by atoms with E-state index < -0.39 is 0 Å². The molecular weight excluding hydrogens is 362 g/mol. The van der Waals surface area contributed by atoms with E-state index in [0.29, 0.717) is 30.3 Å². The van der Waals surface area contributed by atoms with Gasteiger partial charge in [-0.05, 0) is 42.8 Å². The average molecular weight is 383 g/mol. The van der Waals surface area contributed by atoms with Gasteiger partial charge in [0.15, 0.2) is 5.13 Å². The van der Waals surface area contributed by atoms with Crippen LogP contribution < -0.4 is 20.5 Å². The van der Waals surface area contributed by atoms with Crippen molar-refractivity contribution < 1.29 is 14.3 Å². The molecule has 0 fully saturated rings. The first kappa shape index (κ1) is 18.7. The molecule has 0 spiro atoms. The SMILES string of the molecule is COc1ccc(OCCCC(=O)Nc2nc(-c3ccc(N)cc3)cs2)cc1. The maximum absolute atomic E-state index is 12.1. The zero-order valence-electron chi connectivity index (χ0n) is 15.0. The van der Waals surface area contributed by atoms with Crippen molar-refractivity contribution in [1.82, 2.24) is 4.98 Å². The fourth-order valence-electron chi connectivity index (χ4n) is 2.39. The summed E-state index contributed by atoms with van der Waals surface area (Å²) in [5.74, 6) is 1.46. The van der Waals surface area contributed by atoms with Crippen molar-refractivity contribution in [3.63, 3.8) is 0 Å². The molecule has 3 aromatic rings. The summed E-state index contributed by atoms with van der Waals surface area (Å²) in [6.45, 7) is 0.467. The molecule has 0 saturated carbocycles. The number of hydrogen-bond donors (Lipinski definition) is 2. The van der Waals surface area contributed by atoms with Crippen molar-refractivity contribution in [2.75, 3.05) is 24.8 Å². The number of nitrogens with one attached hydrogen (secondary N) is 1. The van der Waals surface area contributed by atoms with E-state index in [9.17, 15) is 4.79 Å². The first-order valence-corrected chi connectivity index (χ1v) is 9.40. The van der Waals surface area contributed by atoms with E-state index in [-0.39, 0.29) is 5.91 Å². The van der Waals surface area contributed by atoms with Crippen LogP contribution in [0.5, 0.6) is 11.5 Å². The number of hydrogen-bond acceptors (Lipinski definition) is 6. The summed E-state index contributed by atoms with van der Waals surface area (Å²) in [5, 5.41) is 5.33. The van der Waals surface area contributed by atoms with Gasteiger partial charge in [-0.15, -0.1) is 11.3 Å². The molecule has 1 amide bonds. The van der Waals surface area contributed by atoms with Crippen molar-refractivity contribution in [3.05, 3.63) is 53.9 Å². The molecule has 3 N–H and O–H groups in total. The van der Waals surface area contributed by atoms with Gasteiger partial charge < -0.3 is 20.5 Å². The highest BCUT2D eigenvalue weighted by atomic mass is 32.1. The second kappa shape index (κ2) is 9.05. The number of thiazole rings is 1. The number of carbonyl (C=O) groups is 1. The third-order valence-corrected chi connectivity index (χ3v) is 4.59. The zero-order chi connectivity index (χ0) is 19.1. The molecule has 0 aliphatic heterocycles. The lowest BCUT2D eigenvalue weighted by Crippen LogP contribution is -2.12. The molecule has 1 aromatic heterocycles. The average Bonchev–Trinajstić information content (AvgIpc) is 3.14. The largest absolute Gasteiger partial charge is 0.497 e. The highest BCUT2D eigenvalue weighted by molar-refractivity contribution is 7.14. The van der Waals surface area contributed by atoms with Crippen LogP contribution >= 0.6 is 11.3 Å². The van der Waals surface area contributed by atoms with Crippen molar-refractivity contribution in [2.45, 2.75) is 12.8 Å². The molecule has 0 saturated heterocycles. The molecule has 6 nitrogen and oxygen atoms in total. The Morgan fingerprint density at radius 2 is 1.81 bits per heavy atom. The fourth-order valence-corrected chi connectivity index (χ4v) is 3.13. The first-order valence-electron chi connectivity index (χ1n) is 8.52. The summed E-state index contributed by atoms with van der Waals surface area (Å²) in [5.41, 5.74) is 8.19. The molecule has 27 heavy (non-hydrogen) atoms. The van der Waals surface area contributed by atoms with E-state index in [4.69, 9.17) is 15.2 Å². The minimum atomic E-state index is -0.0773. The first-order chi connectivity index (χ1) is 13.1. The van der Waals surface area contributed by atoms with Crippen LogP contribution in [0, 0.1) is 0 Å². The molecule has 140 valence electrons. The smallest absolute Gasteiger partial charge is 0.226 e. The van der Waals surface area contributed by atoms with Gasteiger partial charge in [0.2, 0.25) is 5.91 Å². The highest BCUT2D eigenvalue weighted by Crippen LogP contribution is 2.25. The molecule has 3 rings (SSSR count). The van der Waals surface area contributed by atoms with E-state index in [1.54, 1.807) is 7.11 Å². The number of amides is 1. The monoisotopic (exact) mass is 383 g/mol. The number of nitrogens with two attached hydrogens (primary N) is 1. The van der Waals surface area contributed by atoms with E-state index in [0.717, 1.165) is 22.8 Å². The van der Waals surface area contributed by atoms with Gasteiger partial charge in [-0.1, -0.05) is 12.1 Å². The lowest BCUT2D eigenvalue weighted by molar-refractivity contribution is -0.116. The number of aromatic nitrogens is 1. The molecule has 0 aliphatic carbocycles. The summed E-state index contributed by atoms with van der Waals surface area (Å²) in [6.07, 6.45) is 0.987. The van der Waals surface area contributed by atoms with Crippen molar-refractivity contribution >= 4 is 28.1 Å². The predicted octanol–water partition coefficient (Wildman–Crippen LogP) is 4.20. The quantitative estimate of drug-likeness (QED) is 0.450. The van der Waals surface area contributed by atoms with E-state index in [1.807, 2.05) is 53.9 Å². The number of nitrogens with zero attached hydrogens (tertiary/aromatic N) is 1. The summed E-state index contributed by atoms with van der Waals surface area (Å²) in [7, 11) is 1.62. The Kier molecular flexibility index (Phi) is 6.27. The lowest BCUT2D eigenvalue weighted by atomic mass is 10.1. The second-order valence-electron chi connectivity index (χ2n) is 5.84. The Labute approximate surface area is 162 Å². The van der Waals surface area contributed by atoms with Crippen LogP contribution in [0.2, 0.25) is 0 Å². The van der Waals surface area contributed by atoms with Crippen LogP contribution in [0.1, 0.15) is 12.8 Å². The second-order valence-corrected chi connectivity index (χ2v) is 6.69. The van der Waals surface area contributed by atoms with Crippen LogP contribution in [0.4, 0.5) is 10.8 Å². The molecule has 0 bridgehead atoms. The molecule has 2 aromatic carbocycles. The van der Waals surface area contributed by atoms with Gasteiger partial charge in [0.1, 0.15) is 11.5 Å². The summed E-state index contributed by atoms with van der Waals surface area (Å²) >= 11 is 1.40. The van der Waals surface area contributed by atoms with Crippen LogP contribution in [0.3, 0.4) is 0 Å². The Morgan fingerprint density at radius 1 is 1.11 bits per heavy atom. The number of methoxy groups -OCH3 is 1. The fraction of sp³-hybridized carbons (Fsp3) is 0.200. The number of benzene rings is 2. The van der Waals surface area contributed by atoms with Gasteiger partial charge in [0.05, 0.1) is 19.4 Å². The van der Waals surface area contributed by atoms with Crippen molar-refractivity contribution in [2.24, 2.45) is 0 Å². The third-order valence-electron chi connectivity index (χ3n) is 3.83. The van der Waals surface area contributed by atoms with Gasteiger partial charge in [-0.25, -0.2) is 4.98 Å². The number of carbonyl (C=O) groups excluding carboxylic acids is 1. The van der Waals surface area contributed by atoms with Crippen molar-refractivity contribution in [1.29, 1.82) is 0 Å². The minimum absolute atomic E-state index is 0.0773. The van der Waals surface area contributed by atoms with E-state index >= 15 is 0 Å². The predicted molar refractivity (Wildman–Crippen MR) is 108 cm³/mol. The molecular formula is C20H21N3O3S. The molecule has 7 heteroatoms. The van der Waals surface area contributed by atoms with E-state index in [2.05, 4.69) is 10.3 Å². The molecule has 0 aliphatic rings. The topological polar surface area (TPSA) is 86.5 Å².